The molecule has 0 aliphatic carbocycles. The summed E-state index contributed by atoms with van der Waals surface area (Å²) >= 11 is 7.06. The van der Waals surface area contributed by atoms with Crippen LogP contribution >= 0.6 is 23.4 Å². The van der Waals surface area contributed by atoms with Gasteiger partial charge in [0.25, 0.3) is 5.56 Å². The molecule has 3 aromatic rings. The van der Waals surface area contributed by atoms with Crippen molar-refractivity contribution in [2.24, 2.45) is 5.92 Å². The minimum absolute atomic E-state index is 0.113. The lowest BCUT2D eigenvalue weighted by Gasteiger charge is -2.19. The van der Waals surface area contributed by atoms with Gasteiger partial charge in [0.15, 0.2) is 16.6 Å². The number of thioether (sulfide) groups is 1. The van der Waals surface area contributed by atoms with Crippen molar-refractivity contribution < 1.29 is 14.3 Å². The number of aromatic nitrogens is 4. The Morgan fingerprint density at radius 3 is 2.70 bits per heavy atom. The first-order valence-corrected chi connectivity index (χ1v) is 10.3. The van der Waals surface area contributed by atoms with Gasteiger partial charge in [0.2, 0.25) is 0 Å². The number of H-pyrrole nitrogens is 1. The Kier molecular flexibility index (Phi) is 6.27. The van der Waals surface area contributed by atoms with Crippen molar-refractivity contribution in [3.05, 3.63) is 55.8 Å². The van der Waals surface area contributed by atoms with Gasteiger partial charge >= 0.3 is 11.7 Å². The molecule has 8 nitrogen and oxygen atoms in total. The first-order chi connectivity index (χ1) is 14.1. The third-order valence-electron chi connectivity index (χ3n) is 4.39. The fourth-order valence-electron chi connectivity index (χ4n) is 2.82. The normalized spacial score (nSPS) is 12.5. The zero-order chi connectivity index (χ0) is 22.2. The Balaban J connectivity index is 2.36. The molecule has 0 aliphatic heterocycles. The number of aliphatic carboxylic acids is 1. The highest BCUT2D eigenvalue weighted by Gasteiger charge is 2.22. The molecule has 0 aliphatic rings. The first kappa shape index (κ1) is 22.0. The number of carboxylic acid groups (broad SMARTS) is 1. The molecule has 30 heavy (non-hydrogen) atoms. The lowest BCUT2D eigenvalue weighted by atomic mass is 10.1. The average Bonchev–Trinajstić information content (AvgIpc) is 2.68. The van der Waals surface area contributed by atoms with E-state index in [9.17, 15) is 23.9 Å². The SMILES string of the molecule is CC(CSc1ccnc(C(C)C)c1-n1c(=O)[nH]c(=O)c2cc(F)c(Cl)nc21)C(=O)O. The number of nitrogens with one attached hydrogen (secondary N) is 1. The summed E-state index contributed by atoms with van der Waals surface area (Å²) in [5.74, 6) is -2.35. The molecule has 0 aromatic carbocycles. The van der Waals surface area contributed by atoms with E-state index in [-0.39, 0.29) is 22.7 Å². The van der Waals surface area contributed by atoms with Gasteiger partial charge in [-0.15, -0.1) is 11.8 Å². The van der Waals surface area contributed by atoms with Crippen molar-refractivity contribution in [2.75, 3.05) is 5.75 Å². The Morgan fingerprint density at radius 1 is 1.37 bits per heavy atom. The van der Waals surface area contributed by atoms with E-state index in [2.05, 4.69) is 15.0 Å². The molecule has 2 N–H and O–H groups in total. The summed E-state index contributed by atoms with van der Waals surface area (Å²) in [6.07, 6.45) is 1.56. The summed E-state index contributed by atoms with van der Waals surface area (Å²) in [6.45, 7) is 5.32. The average molecular weight is 453 g/mol. The van der Waals surface area contributed by atoms with Crippen LogP contribution < -0.4 is 11.2 Å². The van der Waals surface area contributed by atoms with Gasteiger partial charge in [0.05, 0.1) is 22.7 Å². The van der Waals surface area contributed by atoms with Gasteiger partial charge in [-0.3, -0.25) is 19.6 Å². The predicted molar refractivity (Wildman–Crippen MR) is 112 cm³/mol. The molecular weight excluding hydrogens is 435 g/mol. The Bertz CT molecular complexity index is 1260. The maximum absolute atomic E-state index is 13.9. The Labute approximate surface area is 179 Å². The van der Waals surface area contributed by atoms with Gasteiger partial charge in [0.1, 0.15) is 0 Å². The zero-order valence-corrected chi connectivity index (χ0v) is 17.8. The van der Waals surface area contributed by atoms with Gasteiger partial charge in [-0.1, -0.05) is 32.4 Å². The van der Waals surface area contributed by atoms with Crippen LogP contribution in [-0.4, -0.2) is 36.3 Å². The molecule has 0 radical (unpaired) electrons. The standard InChI is InChI=1S/C19H18ClFN4O4S/c1-8(2)13-14(12(4-5-22-13)30-7-9(3)18(27)28)25-16-10(17(26)24-19(25)29)6-11(21)15(20)23-16/h4-6,8-9H,7H2,1-3H3,(H,27,28)(H,24,26,29). The number of rotatable bonds is 6. The highest BCUT2D eigenvalue weighted by molar-refractivity contribution is 7.99. The maximum atomic E-state index is 13.9. The largest absolute Gasteiger partial charge is 0.481 e. The molecule has 3 heterocycles. The Hall–Kier alpha value is -2.72. The van der Waals surface area contributed by atoms with Crippen LogP contribution in [0.25, 0.3) is 16.7 Å². The molecule has 0 fully saturated rings. The third-order valence-corrected chi connectivity index (χ3v) is 5.96. The quantitative estimate of drug-likeness (QED) is 0.435. The van der Waals surface area contributed by atoms with E-state index in [4.69, 9.17) is 11.6 Å². The molecule has 3 aromatic heterocycles. The van der Waals surface area contributed by atoms with Crippen molar-refractivity contribution in [1.29, 1.82) is 0 Å². The van der Waals surface area contributed by atoms with Crippen molar-refractivity contribution in [3.63, 3.8) is 0 Å². The first-order valence-electron chi connectivity index (χ1n) is 8.97. The monoisotopic (exact) mass is 452 g/mol. The molecule has 158 valence electrons. The van der Waals surface area contributed by atoms with Gasteiger partial charge in [-0.2, -0.15) is 0 Å². The fourth-order valence-corrected chi connectivity index (χ4v) is 4.02. The lowest BCUT2D eigenvalue weighted by Crippen LogP contribution is -2.31. The molecule has 0 spiro atoms. The second-order valence-corrected chi connectivity index (χ2v) is 8.39. The van der Waals surface area contributed by atoms with E-state index in [0.717, 1.165) is 10.6 Å². The highest BCUT2D eigenvalue weighted by atomic mass is 35.5. The van der Waals surface area contributed by atoms with E-state index < -0.39 is 34.1 Å². The van der Waals surface area contributed by atoms with Crippen LogP contribution in [0, 0.1) is 11.7 Å². The summed E-state index contributed by atoms with van der Waals surface area (Å²) < 4.78 is 15.1. The maximum Gasteiger partial charge on any atom is 0.334 e. The second kappa shape index (κ2) is 8.57. The van der Waals surface area contributed by atoms with E-state index in [1.165, 1.54) is 11.8 Å². The number of fused-ring (bicyclic) bond motifs is 1. The number of aromatic amines is 1. The van der Waals surface area contributed by atoms with Gasteiger partial charge in [0, 0.05) is 16.8 Å². The number of carbonyl (C=O) groups is 1. The molecule has 0 amide bonds. The van der Waals surface area contributed by atoms with Crippen LogP contribution in [0.3, 0.4) is 0 Å². The van der Waals surface area contributed by atoms with Crippen LogP contribution in [-0.2, 0) is 4.79 Å². The third kappa shape index (κ3) is 4.10. The fraction of sp³-hybridized carbons (Fsp3) is 0.316. The molecule has 11 heteroatoms. The number of hydrogen-bond acceptors (Lipinski definition) is 6. The van der Waals surface area contributed by atoms with Crippen molar-refractivity contribution >= 4 is 40.4 Å². The molecular formula is C19H18ClFN4O4S. The molecule has 0 saturated heterocycles. The molecule has 0 saturated carbocycles. The van der Waals surface area contributed by atoms with E-state index >= 15 is 0 Å². The summed E-state index contributed by atoms with van der Waals surface area (Å²) in [7, 11) is 0. The van der Waals surface area contributed by atoms with Crippen molar-refractivity contribution in [2.45, 2.75) is 31.6 Å². The van der Waals surface area contributed by atoms with Crippen LogP contribution in [0.1, 0.15) is 32.4 Å². The van der Waals surface area contributed by atoms with Gasteiger partial charge in [-0.05, 0) is 18.1 Å². The van der Waals surface area contributed by atoms with Crippen molar-refractivity contribution in [1.82, 2.24) is 19.5 Å². The van der Waals surface area contributed by atoms with Gasteiger partial charge < -0.3 is 5.11 Å². The number of hydrogen-bond donors (Lipinski definition) is 2. The smallest absolute Gasteiger partial charge is 0.334 e. The topological polar surface area (TPSA) is 118 Å². The van der Waals surface area contributed by atoms with Crippen molar-refractivity contribution in [3.8, 4) is 5.69 Å². The minimum Gasteiger partial charge on any atom is -0.481 e. The number of nitrogens with zero attached hydrogens (tertiary/aromatic N) is 3. The Morgan fingerprint density at radius 2 is 2.07 bits per heavy atom. The van der Waals surface area contributed by atoms with Crippen LogP contribution in [0.15, 0.2) is 32.8 Å². The van der Waals surface area contributed by atoms with Gasteiger partial charge in [-0.25, -0.2) is 18.7 Å². The highest BCUT2D eigenvalue weighted by Crippen LogP contribution is 2.33. The number of pyridine rings is 2. The number of carboxylic acids is 1. The summed E-state index contributed by atoms with van der Waals surface area (Å²) in [5.41, 5.74) is -0.820. The predicted octanol–water partition coefficient (Wildman–Crippen LogP) is 3.20. The minimum atomic E-state index is -0.947. The summed E-state index contributed by atoms with van der Waals surface area (Å²) in [4.78, 5) is 47.3. The van der Waals surface area contributed by atoms with Crippen LogP contribution in [0.5, 0.6) is 0 Å². The zero-order valence-electron chi connectivity index (χ0n) is 16.3. The van der Waals surface area contributed by atoms with Crippen LogP contribution in [0.2, 0.25) is 5.15 Å². The molecule has 1 unspecified atom stereocenters. The van der Waals surface area contributed by atoms with Crippen LogP contribution in [0.4, 0.5) is 4.39 Å². The lowest BCUT2D eigenvalue weighted by molar-refractivity contribution is -0.140. The molecule has 3 rings (SSSR count). The molecule has 1 atom stereocenters. The molecule has 0 bridgehead atoms. The summed E-state index contributed by atoms with van der Waals surface area (Å²) in [5, 5.41) is 8.55. The summed E-state index contributed by atoms with van der Waals surface area (Å²) in [6, 6.07) is 2.57. The second-order valence-electron chi connectivity index (χ2n) is 6.97. The van der Waals surface area contributed by atoms with E-state index in [1.807, 2.05) is 13.8 Å². The van der Waals surface area contributed by atoms with E-state index in [0.29, 0.717) is 16.3 Å². The number of halogens is 2. The van der Waals surface area contributed by atoms with E-state index in [1.54, 1.807) is 19.2 Å².